The summed E-state index contributed by atoms with van der Waals surface area (Å²) in [5.41, 5.74) is 2.85. The molecule has 0 saturated heterocycles. The number of hydrogen-bond donors (Lipinski definition) is 1. The number of hydrogen-bond acceptors (Lipinski definition) is 4. The van der Waals surface area contributed by atoms with Gasteiger partial charge in [-0.15, -0.1) is 11.3 Å². The summed E-state index contributed by atoms with van der Waals surface area (Å²) in [4.78, 5) is 4.22. The van der Waals surface area contributed by atoms with Gasteiger partial charge in [0.2, 0.25) is 0 Å². The van der Waals surface area contributed by atoms with Gasteiger partial charge in [-0.05, 0) is 42.6 Å². The molecule has 1 aromatic heterocycles. The van der Waals surface area contributed by atoms with E-state index in [4.69, 9.17) is 4.74 Å². The van der Waals surface area contributed by atoms with Crippen molar-refractivity contribution < 1.29 is 4.74 Å². The molecular weight excluding hydrogens is 256 g/mol. The van der Waals surface area contributed by atoms with Crippen molar-refractivity contribution in [1.82, 2.24) is 10.3 Å². The molecule has 1 unspecified atom stereocenters. The van der Waals surface area contributed by atoms with Crippen molar-refractivity contribution in [1.29, 1.82) is 0 Å². The molecule has 1 atom stereocenters. The maximum atomic E-state index is 5.80. The van der Waals surface area contributed by atoms with Crippen molar-refractivity contribution >= 4 is 11.3 Å². The number of fused-ring (bicyclic) bond motifs is 1. The number of aryl methyl sites for hydroxylation is 1. The summed E-state index contributed by atoms with van der Waals surface area (Å²) in [6, 6.07) is 6.97. The lowest BCUT2D eigenvalue weighted by Crippen LogP contribution is -2.18. The molecule has 3 rings (SSSR count). The lowest BCUT2D eigenvalue weighted by atomic mass is 10.1. The van der Waals surface area contributed by atoms with Crippen LogP contribution in [0, 0.1) is 0 Å². The van der Waals surface area contributed by atoms with Gasteiger partial charge in [0.05, 0.1) is 0 Å². The van der Waals surface area contributed by atoms with E-state index in [9.17, 15) is 0 Å². The molecule has 1 aliphatic carbocycles. The Labute approximate surface area is 117 Å². The second-order valence-electron chi connectivity index (χ2n) is 4.72. The van der Waals surface area contributed by atoms with Crippen molar-refractivity contribution in [3.8, 4) is 5.75 Å². The normalized spacial score (nSPS) is 17.4. The molecular formula is C15H18N2OS. The zero-order valence-electron chi connectivity index (χ0n) is 11.1. The monoisotopic (exact) mass is 274 g/mol. The second kappa shape index (κ2) is 5.72. The number of benzene rings is 1. The van der Waals surface area contributed by atoms with Crippen LogP contribution in [0.15, 0.2) is 29.8 Å². The van der Waals surface area contributed by atoms with E-state index in [1.807, 2.05) is 11.6 Å². The van der Waals surface area contributed by atoms with Crippen molar-refractivity contribution in [2.75, 3.05) is 6.54 Å². The van der Waals surface area contributed by atoms with Crippen molar-refractivity contribution in [2.45, 2.75) is 32.4 Å². The molecule has 19 heavy (non-hydrogen) atoms. The summed E-state index contributed by atoms with van der Waals surface area (Å²) in [7, 11) is 0. The number of ether oxygens (including phenoxy) is 1. The Balaban J connectivity index is 1.68. The van der Waals surface area contributed by atoms with Crippen LogP contribution in [0.5, 0.6) is 5.75 Å². The van der Waals surface area contributed by atoms with Gasteiger partial charge in [0, 0.05) is 17.6 Å². The Morgan fingerprint density at radius 3 is 3.21 bits per heavy atom. The molecule has 1 heterocycles. The third-order valence-corrected chi connectivity index (χ3v) is 4.24. The standard InChI is InChI=1S/C15H18N2OS/c1-2-16-14-6-3-11-9-12(4-5-13(11)14)18-10-15-17-7-8-19-15/h4-5,7-9,14,16H,2-3,6,10H2,1H3. The molecule has 2 aromatic rings. The minimum Gasteiger partial charge on any atom is -0.486 e. The first-order valence-electron chi connectivity index (χ1n) is 6.74. The number of rotatable bonds is 5. The van der Waals surface area contributed by atoms with E-state index in [0.29, 0.717) is 12.6 Å². The van der Waals surface area contributed by atoms with Crippen LogP contribution in [0.3, 0.4) is 0 Å². The van der Waals surface area contributed by atoms with Crippen molar-refractivity contribution in [3.63, 3.8) is 0 Å². The zero-order chi connectivity index (χ0) is 13.1. The number of nitrogens with zero attached hydrogens (tertiary/aromatic N) is 1. The van der Waals surface area contributed by atoms with E-state index in [1.54, 1.807) is 11.3 Å². The highest BCUT2D eigenvalue weighted by Crippen LogP contribution is 2.33. The lowest BCUT2D eigenvalue weighted by molar-refractivity contribution is 0.305. The maximum Gasteiger partial charge on any atom is 0.140 e. The average molecular weight is 274 g/mol. The van der Waals surface area contributed by atoms with Crippen LogP contribution in [0.1, 0.15) is 35.5 Å². The summed E-state index contributed by atoms with van der Waals surface area (Å²) < 4.78 is 5.80. The van der Waals surface area contributed by atoms with E-state index < -0.39 is 0 Å². The quantitative estimate of drug-likeness (QED) is 0.908. The highest BCUT2D eigenvalue weighted by atomic mass is 32.1. The molecule has 0 saturated carbocycles. The van der Waals surface area contributed by atoms with Crippen LogP contribution in [-0.4, -0.2) is 11.5 Å². The fourth-order valence-electron chi connectivity index (χ4n) is 2.61. The van der Waals surface area contributed by atoms with E-state index in [0.717, 1.165) is 23.7 Å². The predicted molar refractivity (Wildman–Crippen MR) is 77.6 cm³/mol. The Morgan fingerprint density at radius 2 is 2.42 bits per heavy atom. The van der Waals surface area contributed by atoms with Crippen LogP contribution < -0.4 is 10.1 Å². The van der Waals surface area contributed by atoms with Gasteiger partial charge in [0.15, 0.2) is 0 Å². The maximum absolute atomic E-state index is 5.80. The summed E-state index contributed by atoms with van der Waals surface area (Å²) in [5, 5.41) is 6.52. The summed E-state index contributed by atoms with van der Waals surface area (Å²) in [5.74, 6) is 0.950. The molecule has 0 radical (unpaired) electrons. The Kier molecular flexibility index (Phi) is 3.80. The molecule has 100 valence electrons. The number of thiazole rings is 1. The third-order valence-electron chi connectivity index (χ3n) is 3.49. The molecule has 1 aromatic carbocycles. The smallest absolute Gasteiger partial charge is 0.140 e. The molecule has 4 heteroatoms. The van der Waals surface area contributed by atoms with E-state index in [1.165, 1.54) is 17.5 Å². The van der Waals surface area contributed by atoms with Gasteiger partial charge in [-0.2, -0.15) is 0 Å². The van der Waals surface area contributed by atoms with Crippen LogP contribution in [-0.2, 0) is 13.0 Å². The summed E-state index contributed by atoms with van der Waals surface area (Å²) >= 11 is 1.63. The van der Waals surface area contributed by atoms with Gasteiger partial charge in [-0.25, -0.2) is 4.98 Å². The highest BCUT2D eigenvalue weighted by Gasteiger charge is 2.21. The SMILES string of the molecule is CCNC1CCc2cc(OCc3nccs3)ccc21. The Bertz CT molecular complexity index is 539. The molecule has 1 aliphatic rings. The van der Waals surface area contributed by atoms with E-state index in [-0.39, 0.29) is 0 Å². The molecule has 0 bridgehead atoms. The average Bonchev–Trinajstić information content (AvgIpc) is 3.06. The first-order valence-corrected chi connectivity index (χ1v) is 7.62. The van der Waals surface area contributed by atoms with Gasteiger partial charge >= 0.3 is 0 Å². The van der Waals surface area contributed by atoms with Crippen molar-refractivity contribution in [2.24, 2.45) is 0 Å². The highest BCUT2D eigenvalue weighted by molar-refractivity contribution is 7.09. The minimum absolute atomic E-state index is 0.521. The fraction of sp³-hybridized carbons (Fsp3) is 0.400. The predicted octanol–water partition coefficient (Wildman–Crippen LogP) is 3.32. The third kappa shape index (κ3) is 2.80. The minimum atomic E-state index is 0.521. The second-order valence-corrected chi connectivity index (χ2v) is 5.70. The molecule has 0 aliphatic heterocycles. The first kappa shape index (κ1) is 12.6. The number of aromatic nitrogens is 1. The fourth-order valence-corrected chi connectivity index (χ4v) is 3.14. The van der Waals surface area contributed by atoms with Gasteiger partial charge in [0.1, 0.15) is 17.4 Å². The van der Waals surface area contributed by atoms with Gasteiger partial charge in [-0.1, -0.05) is 13.0 Å². The first-order chi connectivity index (χ1) is 9.36. The number of nitrogens with one attached hydrogen (secondary N) is 1. The molecule has 0 spiro atoms. The molecule has 1 N–H and O–H groups in total. The van der Waals surface area contributed by atoms with Crippen LogP contribution in [0.25, 0.3) is 0 Å². The van der Waals surface area contributed by atoms with Crippen molar-refractivity contribution in [3.05, 3.63) is 45.9 Å². The topological polar surface area (TPSA) is 34.1 Å². The Hall–Kier alpha value is -1.39. The van der Waals surface area contributed by atoms with E-state index in [2.05, 4.69) is 35.4 Å². The van der Waals surface area contributed by atoms with Gasteiger partial charge in [0.25, 0.3) is 0 Å². The van der Waals surface area contributed by atoms with Crippen LogP contribution in [0.4, 0.5) is 0 Å². The van der Waals surface area contributed by atoms with E-state index >= 15 is 0 Å². The summed E-state index contributed by atoms with van der Waals surface area (Å²) in [6.45, 7) is 3.74. The van der Waals surface area contributed by atoms with Gasteiger partial charge in [-0.3, -0.25) is 0 Å². The van der Waals surface area contributed by atoms with Gasteiger partial charge < -0.3 is 10.1 Å². The zero-order valence-corrected chi connectivity index (χ0v) is 11.9. The lowest BCUT2D eigenvalue weighted by Gasteiger charge is -2.12. The Morgan fingerprint density at radius 1 is 1.47 bits per heavy atom. The largest absolute Gasteiger partial charge is 0.486 e. The van der Waals surface area contributed by atoms with Crippen LogP contribution >= 0.6 is 11.3 Å². The molecule has 0 fully saturated rings. The molecule has 3 nitrogen and oxygen atoms in total. The molecule has 0 amide bonds. The summed E-state index contributed by atoms with van der Waals surface area (Å²) in [6.07, 6.45) is 4.15. The van der Waals surface area contributed by atoms with Crippen LogP contribution in [0.2, 0.25) is 0 Å².